The molecule has 3 N–H and O–H groups in total. The van der Waals surface area contributed by atoms with E-state index in [0.717, 1.165) is 11.3 Å². The zero-order chi connectivity index (χ0) is 16.4. The molecule has 0 aromatic carbocycles. The van der Waals surface area contributed by atoms with Crippen LogP contribution in [0.4, 0.5) is 4.79 Å². The zero-order valence-corrected chi connectivity index (χ0v) is 13.4. The lowest BCUT2D eigenvalue weighted by Crippen LogP contribution is -2.58. The second kappa shape index (κ2) is 5.75. The summed E-state index contributed by atoms with van der Waals surface area (Å²) in [6.07, 6.45) is 1.70. The Bertz CT molecular complexity index is 546. The molecule has 1 aromatic heterocycles. The van der Waals surface area contributed by atoms with Gasteiger partial charge in [-0.05, 0) is 34.6 Å². The number of aliphatic carboxylic acids is 1. The fourth-order valence-corrected chi connectivity index (χ4v) is 1.64. The predicted molar refractivity (Wildman–Crippen MR) is 78.8 cm³/mol. The predicted octanol–water partition coefficient (Wildman–Crippen LogP) is 1.42. The third kappa shape index (κ3) is 3.53. The van der Waals surface area contributed by atoms with Crippen LogP contribution in [-0.4, -0.2) is 32.4 Å². The number of nitrogens with zero attached hydrogens (tertiary/aromatic N) is 2. The van der Waals surface area contributed by atoms with Crippen molar-refractivity contribution in [1.82, 2.24) is 20.4 Å². The van der Waals surface area contributed by atoms with Crippen molar-refractivity contribution in [2.45, 2.75) is 46.7 Å². The molecule has 0 fully saturated rings. The molecular formula is C14H24N4O3. The second-order valence-electron chi connectivity index (χ2n) is 6.24. The molecular weight excluding hydrogens is 272 g/mol. The van der Waals surface area contributed by atoms with E-state index in [-0.39, 0.29) is 0 Å². The van der Waals surface area contributed by atoms with E-state index in [0.29, 0.717) is 6.54 Å². The summed E-state index contributed by atoms with van der Waals surface area (Å²) in [6, 6.07) is -0.405. The molecule has 1 heterocycles. The van der Waals surface area contributed by atoms with Crippen molar-refractivity contribution in [2.75, 3.05) is 0 Å². The maximum absolute atomic E-state index is 12.0. The highest BCUT2D eigenvalue weighted by Crippen LogP contribution is 2.30. The smallest absolute Gasteiger partial charge is 0.315 e. The van der Waals surface area contributed by atoms with Gasteiger partial charge in [0, 0.05) is 24.8 Å². The molecule has 21 heavy (non-hydrogen) atoms. The van der Waals surface area contributed by atoms with Gasteiger partial charge in [-0.25, -0.2) is 4.79 Å². The van der Waals surface area contributed by atoms with Crippen molar-refractivity contribution in [3.63, 3.8) is 0 Å². The van der Waals surface area contributed by atoms with E-state index in [4.69, 9.17) is 0 Å². The molecule has 0 aliphatic rings. The number of amides is 2. The van der Waals surface area contributed by atoms with E-state index < -0.39 is 23.0 Å². The van der Waals surface area contributed by atoms with Gasteiger partial charge < -0.3 is 15.7 Å². The standard InChI is InChI=1S/C14H24N4O3/c1-9-10(8-16-18(9)6)7-15-12(21)17-14(4,5)13(2,3)11(19)20/h8H,7H2,1-6H3,(H,19,20)(H2,15,17,21). The minimum atomic E-state index is -1.09. The molecule has 1 rings (SSSR count). The number of hydrogen-bond donors (Lipinski definition) is 3. The first-order chi connectivity index (χ1) is 9.49. The van der Waals surface area contributed by atoms with Crippen LogP contribution in [0, 0.1) is 12.3 Å². The van der Waals surface area contributed by atoms with Crippen LogP contribution in [0.25, 0.3) is 0 Å². The van der Waals surface area contributed by atoms with Gasteiger partial charge in [-0.15, -0.1) is 0 Å². The molecule has 0 saturated heterocycles. The van der Waals surface area contributed by atoms with Crippen LogP contribution in [0.15, 0.2) is 6.20 Å². The SMILES string of the molecule is Cc1c(CNC(=O)NC(C)(C)C(C)(C)C(=O)O)cnn1C. The number of carboxylic acid groups (broad SMARTS) is 1. The fourth-order valence-electron chi connectivity index (χ4n) is 1.64. The maximum Gasteiger partial charge on any atom is 0.315 e. The number of carbonyl (C=O) groups excluding carboxylic acids is 1. The van der Waals surface area contributed by atoms with Crippen molar-refractivity contribution in [3.05, 3.63) is 17.5 Å². The van der Waals surface area contributed by atoms with E-state index in [1.807, 2.05) is 14.0 Å². The maximum atomic E-state index is 12.0. The highest BCUT2D eigenvalue weighted by molar-refractivity contribution is 5.79. The minimum Gasteiger partial charge on any atom is -0.481 e. The zero-order valence-electron chi connectivity index (χ0n) is 13.4. The average molecular weight is 296 g/mol. The Morgan fingerprint density at radius 2 is 1.90 bits per heavy atom. The van der Waals surface area contributed by atoms with E-state index in [1.165, 1.54) is 0 Å². The van der Waals surface area contributed by atoms with Gasteiger partial charge in [0.25, 0.3) is 0 Å². The van der Waals surface area contributed by atoms with Crippen LogP contribution in [0.2, 0.25) is 0 Å². The lowest BCUT2D eigenvalue weighted by molar-refractivity contribution is -0.150. The number of rotatable bonds is 5. The molecule has 0 radical (unpaired) electrons. The van der Waals surface area contributed by atoms with Gasteiger partial charge in [0.15, 0.2) is 0 Å². The molecule has 7 nitrogen and oxygen atoms in total. The average Bonchev–Trinajstić information content (AvgIpc) is 2.66. The molecule has 0 bridgehead atoms. The molecule has 0 spiro atoms. The van der Waals surface area contributed by atoms with E-state index in [1.54, 1.807) is 38.6 Å². The number of hydrogen-bond acceptors (Lipinski definition) is 3. The largest absolute Gasteiger partial charge is 0.481 e. The van der Waals surface area contributed by atoms with Gasteiger partial charge in [0.1, 0.15) is 0 Å². The number of carbonyl (C=O) groups is 2. The minimum absolute atomic E-state index is 0.342. The van der Waals surface area contributed by atoms with E-state index in [2.05, 4.69) is 15.7 Å². The summed E-state index contributed by atoms with van der Waals surface area (Å²) in [5.41, 5.74) is -0.0926. The number of aryl methyl sites for hydroxylation is 1. The van der Waals surface area contributed by atoms with E-state index >= 15 is 0 Å². The summed E-state index contributed by atoms with van der Waals surface area (Å²) in [4.78, 5) is 23.3. The van der Waals surface area contributed by atoms with Crippen LogP contribution >= 0.6 is 0 Å². The summed E-state index contributed by atoms with van der Waals surface area (Å²) >= 11 is 0. The Hall–Kier alpha value is -2.05. The Labute approximate surface area is 124 Å². The summed E-state index contributed by atoms with van der Waals surface area (Å²) < 4.78 is 1.73. The monoisotopic (exact) mass is 296 g/mol. The lowest BCUT2D eigenvalue weighted by atomic mass is 9.74. The van der Waals surface area contributed by atoms with Crippen LogP contribution < -0.4 is 10.6 Å². The second-order valence-corrected chi connectivity index (χ2v) is 6.24. The van der Waals surface area contributed by atoms with Gasteiger partial charge in [-0.3, -0.25) is 9.48 Å². The summed E-state index contributed by atoms with van der Waals surface area (Å²) in [5, 5.41) is 18.8. The Morgan fingerprint density at radius 3 is 2.33 bits per heavy atom. The lowest BCUT2D eigenvalue weighted by Gasteiger charge is -2.38. The normalized spacial score (nSPS) is 12.1. The first-order valence-corrected chi connectivity index (χ1v) is 6.76. The van der Waals surface area contributed by atoms with E-state index in [9.17, 15) is 14.7 Å². The third-order valence-corrected chi connectivity index (χ3v) is 4.30. The van der Waals surface area contributed by atoms with Gasteiger partial charge in [-0.2, -0.15) is 5.10 Å². The Balaban J connectivity index is 2.65. The highest BCUT2D eigenvalue weighted by Gasteiger charge is 2.44. The van der Waals surface area contributed by atoms with Gasteiger partial charge in [0.2, 0.25) is 0 Å². The summed E-state index contributed by atoms with van der Waals surface area (Å²) in [7, 11) is 1.83. The number of nitrogens with one attached hydrogen (secondary N) is 2. The van der Waals surface area contributed by atoms with Crippen LogP contribution in [0.5, 0.6) is 0 Å². The molecule has 1 aromatic rings. The van der Waals surface area contributed by atoms with Crippen LogP contribution in [-0.2, 0) is 18.4 Å². The van der Waals surface area contributed by atoms with Crippen molar-refractivity contribution >= 4 is 12.0 Å². The third-order valence-electron chi connectivity index (χ3n) is 4.30. The van der Waals surface area contributed by atoms with Gasteiger partial charge >= 0.3 is 12.0 Å². The topological polar surface area (TPSA) is 96.2 Å². The van der Waals surface area contributed by atoms with Gasteiger partial charge in [-0.1, -0.05) is 0 Å². The molecule has 2 amide bonds. The Morgan fingerprint density at radius 1 is 1.33 bits per heavy atom. The summed E-state index contributed by atoms with van der Waals surface area (Å²) in [5.74, 6) is -0.962. The quantitative estimate of drug-likeness (QED) is 0.765. The van der Waals surface area contributed by atoms with Crippen molar-refractivity contribution in [2.24, 2.45) is 12.5 Å². The number of urea groups is 1. The summed E-state index contributed by atoms with van der Waals surface area (Å²) in [6.45, 7) is 8.81. The molecule has 7 heteroatoms. The number of aromatic nitrogens is 2. The van der Waals surface area contributed by atoms with Gasteiger partial charge in [0.05, 0.1) is 17.2 Å². The highest BCUT2D eigenvalue weighted by atomic mass is 16.4. The number of carboxylic acids is 1. The fraction of sp³-hybridized carbons (Fsp3) is 0.643. The van der Waals surface area contributed by atoms with Crippen molar-refractivity contribution in [1.29, 1.82) is 0 Å². The molecule has 0 aliphatic carbocycles. The van der Waals surface area contributed by atoms with Crippen molar-refractivity contribution < 1.29 is 14.7 Å². The van der Waals surface area contributed by atoms with Crippen LogP contribution in [0.1, 0.15) is 39.0 Å². The van der Waals surface area contributed by atoms with Crippen LogP contribution in [0.3, 0.4) is 0 Å². The molecule has 118 valence electrons. The van der Waals surface area contributed by atoms with Crippen molar-refractivity contribution in [3.8, 4) is 0 Å². The molecule has 0 unspecified atom stereocenters. The molecule has 0 aliphatic heterocycles. The molecule has 0 atom stereocenters. The molecule has 0 saturated carbocycles. The first-order valence-electron chi connectivity index (χ1n) is 6.76. The first kappa shape index (κ1) is 17.0. The Kier molecular flexibility index (Phi) is 4.65.